The highest BCUT2D eigenvalue weighted by atomic mass is 16.5. The molecule has 0 saturated carbocycles. The summed E-state index contributed by atoms with van der Waals surface area (Å²) in [6, 6.07) is 19.8. The van der Waals surface area contributed by atoms with Crippen LogP contribution in [0, 0.1) is 11.3 Å². The van der Waals surface area contributed by atoms with Crippen molar-refractivity contribution in [3.8, 4) is 22.9 Å². The maximum atomic E-state index is 13.5. The lowest BCUT2D eigenvalue weighted by atomic mass is 9.73. The summed E-state index contributed by atoms with van der Waals surface area (Å²) in [7, 11) is 4.12. The predicted molar refractivity (Wildman–Crippen MR) is 159 cm³/mol. The topological polar surface area (TPSA) is 118 Å². The van der Waals surface area contributed by atoms with Gasteiger partial charge >= 0.3 is 11.9 Å². The number of nitriles is 1. The third kappa shape index (κ3) is 6.14. The number of carbonyl (C=O) groups is 3. The van der Waals surface area contributed by atoms with Crippen LogP contribution in [0.3, 0.4) is 0 Å². The summed E-state index contributed by atoms with van der Waals surface area (Å²) in [4.78, 5) is 40.6. The van der Waals surface area contributed by atoms with Gasteiger partial charge in [0.25, 0.3) is 5.91 Å². The Labute approximate surface area is 246 Å². The molecule has 9 nitrogen and oxygen atoms in total. The molecule has 218 valence electrons. The summed E-state index contributed by atoms with van der Waals surface area (Å²) < 4.78 is 15.4. The second-order valence-electron chi connectivity index (χ2n) is 10.5. The van der Waals surface area contributed by atoms with Crippen molar-refractivity contribution in [3.05, 3.63) is 82.9 Å². The molecule has 1 amide bonds. The van der Waals surface area contributed by atoms with Gasteiger partial charge in [0, 0.05) is 30.4 Å². The van der Waals surface area contributed by atoms with Gasteiger partial charge in [0.1, 0.15) is 5.75 Å². The zero-order valence-electron chi connectivity index (χ0n) is 24.5. The molecule has 0 bridgehead atoms. The summed E-state index contributed by atoms with van der Waals surface area (Å²) in [6.45, 7) is 5.85. The minimum absolute atomic E-state index is 0.0688. The van der Waals surface area contributed by atoms with E-state index in [-0.39, 0.29) is 11.1 Å². The van der Waals surface area contributed by atoms with Gasteiger partial charge in [-0.05, 0) is 80.3 Å². The number of carbonyl (C=O) groups excluding carboxylic acids is 3. The van der Waals surface area contributed by atoms with E-state index in [0.29, 0.717) is 47.0 Å². The SMILES string of the molecule is COC(=O)c1cccc(-c2ccc(C(=O)Nc3ccc(OC)c(C4(C#N)CCN(C(C)C)CC4)c3)c(C(=O)OC)c2)c1. The standard InChI is InChI=1S/C33H35N3O6/c1-21(2)36-15-13-33(20-34,14-16-36)28-19-25(10-12-29(28)40-3)35-30(37)26-11-9-23(18-27(26)32(39)42-5)22-7-6-8-24(17-22)31(38)41-4/h6-12,17-19,21H,13-16H2,1-5H3,(H,35,37). The average Bonchev–Trinajstić information content (AvgIpc) is 3.03. The molecule has 42 heavy (non-hydrogen) atoms. The molecular formula is C33H35N3O6. The first-order valence-electron chi connectivity index (χ1n) is 13.7. The number of piperidine rings is 1. The third-order valence-electron chi connectivity index (χ3n) is 7.86. The maximum Gasteiger partial charge on any atom is 0.338 e. The van der Waals surface area contributed by atoms with Crippen molar-refractivity contribution in [2.24, 2.45) is 0 Å². The number of nitrogens with zero attached hydrogens (tertiary/aromatic N) is 2. The Morgan fingerprint density at radius 1 is 0.881 bits per heavy atom. The average molecular weight is 570 g/mol. The van der Waals surface area contributed by atoms with Crippen molar-refractivity contribution in [1.29, 1.82) is 5.26 Å². The van der Waals surface area contributed by atoms with E-state index in [4.69, 9.17) is 14.2 Å². The Bertz CT molecular complexity index is 1530. The Morgan fingerprint density at radius 3 is 2.19 bits per heavy atom. The van der Waals surface area contributed by atoms with E-state index in [0.717, 1.165) is 18.7 Å². The monoisotopic (exact) mass is 569 g/mol. The van der Waals surface area contributed by atoms with Crippen LogP contribution in [-0.2, 0) is 14.9 Å². The predicted octanol–water partition coefficient (Wildman–Crippen LogP) is 5.45. The van der Waals surface area contributed by atoms with E-state index in [9.17, 15) is 19.6 Å². The second-order valence-corrected chi connectivity index (χ2v) is 10.5. The number of benzene rings is 3. The normalized spacial score (nSPS) is 14.5. The number of anilines is 1. The number of hydrogen-bond acceptors (Lipinski definition) is 8. The number of amides is 1. The fourth-order valence-electron chi connectivity index (χ4n) is 5.37. The Kier molecular flexibility index (Phi) is 9.28. The van der Waals surface area contributed by atoms with Crippen molar-refractivity contribution in [2.45, 2.75) is 38.1 Å². The highest BCUT2D eigenvalue weighted by Crippen LogP contribution is 2.41. The first-order chi connectivity index (χ1) is 20.2. The molecule has 1 N–H and O–H groups in total. The van der Waals surface area contributed by atoms with Crippen molar-refractivity contribution in [1.82, 2.24) is 4.90 Å². The minimum atomic E-state index is -0.755. The number of methoxy groups -OCH3 is 3. The summed E-state index contributed by atoms with van der Waals surface area (Å²) in [5.74, 6) is -1.09. The van der Waals surface area contributed by atoms with Crippen LogP contribution < -0.4 is 10.1 Å². The van der Waals surface area contributed by atoms with Gasteiger partial charge in [-0.15, -0.1) is 0 Å². The molecule has 0 spiro atoms. The zero-order chi connectivity index (χ0) is 30.4. The highest BCUT2D eigenvalue weighted by Gasteiger charge is 2.39. The van der Waals surface area contributed by atoms with Gasteiger partial charge in [-0.3, -0.25) is 4.79 Å². The molecule has 1 fully saturated rings. The van der Waals surface area contributed by atoms with E-state index in [2.05, 4.69) is 30.1 Å². The fourth-order valence-corrected chi connectivity index (χ4v) is 5.37. The van der Waals surface area contributed by atoms with E-state index >= 15 is 0 Å². The van der Waals surface area contributed by atoms with Crippen LogP contribution in [0.2, 0.25) is 0 Å². The van der Waals surface area contributed by atoms with Gasteiger partial charge in [-0.2, -0.15) is 5.26 Å². The smallest absolute Gasteiger partial charge is 0.338 e. The molecule has 1 saturated heterocycles. The molecule has 1 aliphatic heterocycles. The summed E-state index contributed by atoms with van der Waals surface area (Å²) in [6.07, 6.45) is 1.28. The summed E-state index contributed by atoms with van der Waals surface area (Å²) in [5.41, 5.74) is 2.27. The maximum absolute atomic E-state index is 13.5. The van der Waals surface area contributed by atoms with Gasteiger partial charge in [0.05, 0.1) is 49.5 Å². The fraction of sp³-hybridized carbons (Fsp3) is 0.333. The van der Waals surface area contributed by atoms with Crippen LogP contribution in [0.4, 0.5) is 5.69 Å². The van der Waals surface area contributed by atoms with Crippen LogP contribution in [0.25, 0.3) is 11.1 Å². The van der Waals surface area contributed by atoms with Gasteiger partial charge in [-0.25, -0.2) is 9.59 Å². The molecule has 9 heteroatoms. The minimum Gasteiger partial charge on any atom is -0.496 e. The quantitative estimate of drug-likeness (QED) is 0.356. The largest absolute Gasteiger partial charge is 0.496 e. The van der Waals surface area contributed by atoms with Gasteiger partial charge in [-0.1, -0.05) is 18.2 Å². The van der Waals surface area contributed by atoms with Gasteiger partial charge in [0.2, 0.25) is 0 Å². The summed E-state index contributed by atoms with van der Waals surface area (Å²) >= 11 is 0. The molecule has 1 aliphatic rings. The number of esters is 2. The molecular weight excluding hydrogens is 534 g/mol. The van der Waals surface area contributed by atoms with E-state index in [1.165, 1.54) is 14.2 Å². The highest BCUT2D eigenvalue weighted by molar-refractivity contribution is 6.11. The lowest BCUT2D eigenvalue weighted by molar-refractivity contribution is 0.0590. The van der Waals surface area contributed by atoms with Crippen molar-refractivity contribution >= 4 is 23.5 Å². The van der Waals surface area contributed by atoms with Gasteiger partial charge in [0.15, 0.2) is 0 Å². The number of hydrogen-bond donors (Lipinski definition) is 1. The Morgan fingerprint density at radius 2 is 1.57 bits per heavy atom. The first kappa shape index (κ1) is 30.3. The van der Waals surface area contributed by atoms with E-state index < -0.39 is 23.3 Å². The molecule has 3 aromatic carbocycles. The molecule has 3 aromatic rings. The van der Waals surface area contributed by atoms with Crippen molar-refractivity contribution in [3.63, 3.8) is 0 Å². The molecule has 0 radical (unpaired) electrons. The molecule has 0 atom stereocenters. The lowest BCUT2D eigenvalue weighted by Crippen LogP contribution is -2.44. The van der Waals surface area contributed by atoms with Crippen molar-refractivity contribution < 1.29 is 28.6 Å². The van der Waals surface area contributed by atoms with Gasteiger partial charge < -0.3 is 24.4 Å². The number of nitrogens with one attached hydrogen (secondary N) is 1. The van der Waals surface area contributed by atoms with Crippen LogP contribution in [0.5, 0.6) is 5.75 Å². The molecule has 0 aliphatic carbocycles. The molecule has 4 rings (SSSR count). The van der Waals surface area contributed by atoms with E-state index in [1.54, 1.807) is 67.8 Å². The van der Waals surface area contributed by atoms with Crippen molar-refractivity contribution in [2.75, 3.05) is 39.7 Å². The van der Waals surface area contributed by atoms with E-state index in [1.807, 2.05) is 0 Å². The summed E-state index contributed by atoms with van der Waals surface area (Å²) in [5, 5.41) is 13.2. The second kappa shape index (κ2) is 12.9. The molecule has 0 aromatic heterocycles. The van der Waals surface area contributed by atoms with Crippen LogP contribution in [-0.4, -0.2) is 63.2 Å². The number of rotatable bonds is 8. The van der Waals surface area contributed by atoms with Crippen LogP contribution in [0.15, 0.2) is 60.7 Å². The van der Waals surface area contributed by atoms with Crippen LogP contribution in [0.1, 0.15) is 63.3 Å². The lowest BCUT2D eigenvalue weighted by Gasteiger charge is -2.40. The Balaban J connectivity index is 1.66. The number of likely N-dealkylation sites (tertiary alicyclic amines) is 1. The zero-order valence-corrected chi connectivity index (χ0v) is 24.5. The number of ether oxygens (including phenoxy) is 3. The Hall–Kier alpha value is -4.68. The third-order valence-corrected chi connectivity index (χ3v) is 7.86. The molecule has 0 unspecified atom stereocenters. The molecule has 1 heterocycles. The first-order valence-corrected chi connectivity index (χ1v) is 13.7. The van der Waals surface area contributed by atoms with Crippen LogP contribution >= 0.6 is 0 Å².